The second-order valence-electron chi connectivity index (χ2n) is 5.31. The summed E-state index contributed by atoms with van der Waals surface area (Å²) >= 11 is 0. The van der Waals surface area contributed by atoms with E-state index in [9.17, 15) is 0 Å². The lowest BCUT2D eigenvalue weighted by atomic mass is 9.99. The van der Waals surface area contributed by atoms with Gasteiger partial charge in [-0.25, -0.2) is 0 Å². The van der Waals surface area contributed by atoms with Crippen molar-refractivity contribution >= 4 is 5.84 Å². The smallest absolute Gasteiger partial charge is 0.156 e. The number of aliphatic imine (C=N–C) groups is 1. The summed E-state index contributed by atoms with van der Waals surface area (Å²) in [6.07, 6.45) is 2.09. The van der Waals surface area contributed by atoms with Gasteiger partial charge in [0.2, 0.25) is 0 Å². The molecule has 1 unspecified atom stereocenters. The summed E-state index contributed by atoms with van der Waals surface area (Å²) in [5, 5.41) is 3.43. The van der Waals surface area contributed by atoms with Crippen molar-refractivity contribution in [2.24, 2.45) is 10.9 Å². The fourth-order valence-corrected chi connectivity index (χ4v) is 2.24. The minimum absolute atomic E-state index is 0.145. The van der Waals surface area contributed by atoms with E-state index in [4.69, 9.17) is 4.84 Å². The first-order valence-corrected chi connectivity index (χ1v) is 6.80. The highest BCUT2D eigenvalue weighted by Crippen LogP contribution is 2.27. The lowest BCUT2D eigenvalue weighted by molar-refractivity contribution is 0.143. The Morgan fingerprint density at radius 1 is 1.53 bits per heavy atom. The number of amidine groups is 1. The van der Waals surface area contributed by atoms with Gasteiger partial charge in [-0.15, -0.1) is 0 Å². The van der Waals surface area contributed by atoms with E-state index in [1.54, 1.807) is 0 Å². The van der Waals surface area contributed by atoms with Gasteiger partial charge in [0.05, 0.1) is 25.0 Å². The molecule has 0 amide bonds. The molecule has 2 rings (SSSR count). The molecular weight excluding hydrogens is 238 g/mol. The Kier molecular flexibility index (Phi) is 4.10. The molecule has 1 atom stereocenters. The Hall–Kier alpha value is -1.55. The normalized spacial score (nSPS) is 23.5. The lowest BCUT2D eigenvalue weighted by Crippen LogP contribution is -2.34. The molecule has 0 spiro atoms. The summed E-state index contributed by atoms with van der Waals surface area (Å²) in [5.41, 5.74) is 6.32. The van der Waals surface area contributed by atoms with Crippen LogP contribution in [0.2, 0.25) is 0 Å². The van der Waals surface area contributed by atoms with Crippen molar-refractivity contribution in [3.8, 4) is 0 Å². The number of nitrogens with one attached hydrogen (secondary N) is 2. The summed E-state index contributed by atoms with van der Waals surface area (Å²) in [6, 6.07) is 0.145. The summed E-state index contributed by atoms with van der Waals surface area (Å²) in [6.45, 7) is 14.1. The van der Waals surface area contributed by atoms with Gasteiger partial charge in [-0.2, -0.15) is 5.48 Å². The number of nitrogens with zero attached hydrogens (tertiary/aromatic N) is 1. The first-order chi connectivity index (χ1) is 9.04. The van der Waals surface area contributed by atoms with Crippen molar-refractivity contribution in [1.29, 1.82) is 0 Å². The molecule has 2 aliphatic heterocycles. The van der Waals surface area contributed by atoms with E-state index in [2.05, 4.69) is 49.2 Å². The molecule has 0 saturated carbocycles. The molecule has 104 valence electrons. The zero-order valence-corrected chi connectivity index (χ0v) is 12.2. The predicted octanol–water partition coefficient (Wildman–Crippen LogP) is 2.32. The number of allylic oxidation sites excluding steroid dienone is 1. The monoisotopic (exact) mass is 261 g/mol. The summed E-state index contributed by atoms with van der Waals surface area (Å²) in [4.78, 5) is 10.1. The van der Waals surface area contributed by atoms with Gasteiger partial charge >= 0.3 is 0 Å². The van der Waals surface area contributed by atoms with Crippen LogP contribution >= 0.6 is 0 Å². The molecule has 0 saturated heterocycles. The highest BCUT2D eigenvalue weighted by Gasteiger charge is 2.28. The Morgan fingerprint density at radius 3 is 2.84 bits per heavy atom. The van der Waals surface area contributed by atoms with Gasteiger partial charge in [-0.3, -0.25) is 4.99 Å². The first-order valence-electron chi connectivity index (χ1n) is 6.80. The maximum atomic E-state index is 5.56. The van der Waals surface area contributed by atoms with E-state index in [-0.39, 0.29) is 6.04 Å². The van der Waals surface area contributed by atoms with Crippen LogP contribution in [0.5, 0.6) is 0 Å². The number of hydrogen-bond donors (Lipinski definition) is 2. The zero-order chi connectivity index (χ0) is 14.0. The Morgan fingerprint density at radius 2 is 2.26 bits per heavy atom. The maximum Gasteiger partial charge on any atom is 0.156 e. The topological polar surface area (TPSA) is 45.6 Å². The fourth-order valence-electron chi connectivity index (χ4n) is 2.24. The van der Waals surface area contributed by atoms with Crippen LogP contribution < -0.4 is 10.8 Å². The minimum Gasteiger partial charge on any atom is -0.408 e. The average molecular weight is 261 g/mol. The molecule has 2 heterocycles. The molecule has 2 N–H and O–H groups in total. The van der Waals surface area contributed by atoms with Crippen molar-refractivity contribution in [3.63, 3.8) is 0 Å². The Labute approximate surface area is 115 Å². The van der Waals surface area contributed by atoms with Crippen LogP contribution in [0, 0.1) is 5.92 Å². The van der Waals surface area contributed by atoms with Gasteiger partial charge < -0.3 is 10.2 Å². The molecule has 4 nitrogen and oxygen atoms in total. The SMILES string of the molecule is C=C(C1=C(/C(C)=C\C)CNO1)C1CN=C(C(C)C)N1. The van der Waals surface area contributed by atoms with Crippen molar-refractivity contribution in [2.45, 2.75) is 33.7 Å². The van der Waals surface area contributed by atoms with Gasteiger partial charge in [-0.1, -0.05) is 26.5 Å². The summed E-state index contributed by atoms with van der Waals surface area (Å²) in [5.74, 6) is 2.35. The lowest BCUT2D eigenvalue weighted by Gasteiger charge is -2.17. The molecule has 0 aromatic carbocycles. The van der Waals surface area contributed by atoms with Crippen molar-refractivity contribution in [3.05, 3.63) is 35.1 Å². The predicted molar refractivity (Wildman–Crippen MR) is 78.7 cm³/mol. The second-order valence-corrected chi connectivity index (χ2v) is 5.31. The second kappa shape index (κ2) is 5.61. The average Bonchev–Trinajstić information content (AvgIpc) is 3.05. The molecule has 0 fully saturated rings. The molecule has 2 aliphatic rings. The van der Waals surface area contributed by atoms with Gasteiger partial charge in [0.15, 0.2) is 5.76 Å². The molecule has 0 aromatic heterocycles. The largest absolute Gasteiger partial charge is 0.408 e. The summed E-state index contributed by atoms with van der Waals surface area (Å²) < 4.78 is 0. The van der Waals surface area contributed by atoms with Crippen molar-refractivity contribution in [1.82, 2.24) is 10.8 Å². The minimum atomic E-state index is 0.145. The van der Waals surface area contributed by atoms with Crippen LogP contribution in [0.4, 0.5) is 0 Å². The molecule has 0 radical (unpaired) electrons. The van der Waals surface area contributed by atoms with E-state index in [0.717, 1.165) is 30.3 Å². The van der Waals surface area contributed by atoms with Gasteiger partial charge in [0.25, 0.3) is 0 Å². The van der Waals surface area contributed by atoms with Gasteiger partial charge in [0, 0.05) is 17.1 Å². The van der Waals surface area contributed by atoms with Crippen LogP contribution in [0.25, 0.3) is 0 Å². The molecule has 0 aliphatic carbocycles. The Balaban J connectivity index is 2.13. The third-order valence-electron chi connectivity index (χ3n) is 3.63. The zero-order valence-electron chi connectivity index (χ0n) is 12.2. The van der Waals surface area contributed by atoms with Gasteiger partial charge in [0.1, 0.15) is 0 Å². The first kappa shape index (κ1) is 13.9. The van der Waals surface area contributed by atoms with Crippen LogP contribution in [-0.4, -0.2) is 25.0 Å². The highest BCUT2D eigenvalue weighted by atomic mass is 16.7. The standard InChI is InChI=1S/C15H23N3O/c1-6-10(4)12-7-17-19-14(12)11(5)13-8-16-15(18-13)9(2)3/h6,9,13,17H,5,7-8H2,1-4H3,(H,16,18)/b10-6-. The third-order valence-corrected chi connectivity index (χ3v) is 3.63. The molecular formula is C15H23N3O. The van der Waals surface area contributed by atoms with E-state index in [0.29, 0.717) is 5.92 Å². The number of rotatable bonds is 4. The highest BCUT2D eigenvalue weighted by molar-refractivity contribution is 5.86. The quantitative estimate of drug-likeness (QED) is 0.816. The van der Waals surface area contributed by atoms with Gasteiger partial charge in [-0.05, 0) is 19.4 Å². The van der Waals surface area contributed by atoms with Crippen LogP contribution in [-0.2, 0) is 4.84 Å². The van der Waals surface area contributed by atoms with E-state index in [1.807, 2.05) is 6.92 Å². The molecule has 0 aromatic rings. The summed E-state index contributed by atoms with van der Waals surface area (Å²) in [7, 11) is 0. The van der Waals surface area contributed by atoms with Crippen LogP contribution in [0.3, 0.4) is 0 Å². The van der Waals surface area contributed by atoms with Crippen LogP contribution in [0.15, 0.2) is 40.1 Å². The number of hydrogen-bond acceptors (Lipinski definition) is 4. The Bertz CT molecular complexity index is 472. The van der Waals surface area contributed by atoms with E-state index >= 15 is 0 Å². The van der Waals surface area contributed by atoms with E-state index < -0.39 is 0 Å². The molecule has 4 heteroatoms. The third kappa shape index (κ3) is 2.73. The number of hydroxylamine groups is 1. The van der Waals surface area contributed by atoms with E-state index in [1.165, 1.54) is 11.1 Å². The molecule has 0 bridgehead atoms. The molecule has 19 heavy (non-hydrogen) atoms. The fraction of sp³-hybridized carbons (Fsp3) is 0.533. The van der Waals surface area contributed by atoms with Crippen molar-refractivity contribution < 1.29 is 4.84 Å². The maximum absolute atomic E-state index is 5.56. The van der Waals surface area contributed by atoms with Crippen molar-refractivity contribution in [2.75, 3.05) is 13.1 Å². The van der Waals surface area contributed by atoms with Crippen LogP contribution in [0.1, 0.15) is 27.7 Å².